The molecule has 0 spiro atoms. The van der Waals surface area contributed by atoms with Crippen LogP contribution in [-0.4, -0.2) is 12.6 Å². The first-order valence-electron chi connectivity index (χ1n) is 6.84. The van der Waals surface area contributed by atoms with Crippen molar-refractivity contribution in [3.8, 4) is 0 Å². The molecule has 3 heteroatoms. The highest BCUT2D eigenvalue weighted by atomic mass is 19.2. The van der Waals surface area contributed by atoms with Crippen molar-refractivity contribution >= 4 is 0 Å². The van der Waals surface area contributed by atoms with E-state index in [0.29, 0.717) is 6.04 Å². The Labute approximate surface area is 109 Å². The van der Waals surface area contributed by atoms with Crippen LogP contribution in [0.2, 0.25) is 0 Å². The van der Waals surface area contributed by atoms with Crippen LogP contribution in [0.5, 0.6) is 0 Å². The zero-order valence-corrected chi connectivity index (χ0v) is 11.3. The molecule has 18 heavy (non-hydrogen) atoms. The summed E-state index contributed by atoms with van der Waals surface area (Å²) in [4.78, 5) is 0. The molecule has 0 aliphatic heterocycles. The van der Waals surface area contributed by atoms with Crippen LogP contribution in [0.15, 0.2) is 18.2 Å². The fourth-order valence-corrected chi connectivity index (χ4v) is 2.16. The van der Waals surface area contributed by atoms with E-state index in [1.807, 2.05) is 0 Å². The number of benzene rings is 1. The van der Waals surface area contributed by atoms with Crippen LogP contribution in [0.1, 0.15) is 45.1 Å². The summed E-state index contributed by atoms with van der Waals surface area (Å²) in [6, 6.07) is 4.54. The number of unbranched alkanes of at least 4 members (excludes halogenated alkanes) is 2. The Bertz CT molecular complexity index is 352. The Morgan fingerprint density at radius 1 is 1.11 bits per heavy atom. The molecular weight excluding hydrogens is 232 g/mol. The summed E-state index contributed by atoms with van der Waals surface area (Å²) < 4.78 is 26.0. The highest BCUT2D eigenvalue weighted by Crippen LogP contribution is 2.13. The lowest BCUT2D eigenvalue weighted by Crippen LogP contribution is -2.31. The monoisotopic (exact) mass is 255 g/mol. The summed E-state index contributed by atoms with van der Waals surface area (Å²) in [6.45, 7) is 5.15. The first-order chi connectivity index (χ1) is 8.67. The Balaban J connectivity index is 2.55. The Morgan fingerprint density at radius 2 is 1.89 bits per heavy atom. The van der Waals surface area contributed by atoms with Gasteiger partial charge in [0.25, 0.3) is 0 Å². The Morgan fingerprint density at radius 3 is 2.50 bits per heavy atom. The van der Waals surface area contributed by atoms with Gasteiger partial charge in [-0.25, -0.2) is 8.78 Å². The molecule has 102 valence electrons. The van der Waals surface area contributed by atoms with Gasteiger partial charge in [-0.1, -0.05) is 39.2 Å². The van der Waals surface area contributed by atoms with E-state index < -0.39 is 11.6 Å². The van der Waals surface area contributed by atoms with Gasteiger partial charge in [0, 0.05) is 6.04 Å². The minimum absolute atomic E-state index is 0.353. The lowest BCUT2D eigenvalue weighted by atomic mass is 10.00. The minimum Gasteiger partial charge on any atom is -0.314 e. The summed E-state index contributed by atoms with van der Waals surface area (Å²) in [5, 5.41) is 3.41. The third-order valence-electron chi connectivity index (χ3n) is 3.12. The SMILES string of the molecule is CCCCCC(Cc1ccc(F)c(F)c1)NCC. The molecule has 1 aromatic carbocycles. The highest BCUT2D eigenvalue weighted by molar-refractivity contribution is 5.18. The van der Waals surface area contributed by atoms with Gasteiger partial charge in [-0.05, 0) is 37.1 Å². The van der Waals surface area contributed by atoms with Crippen LogP contribution in [0.3, 0.4) is 0 Å². The molecule has 0 fully saturated rings. The molecule has 0 aromatic heterocycles. The number of hydrogen-bond donors (Lipinski definition) is 1. The predicted molar refractivity (Wildman–Crippen MR) is 71.7 cm³/mol. The van der Waals surface area contributed by atoms with Crippen molar-refractivity contribution in [3.05, 3.63) is 35.4 Å². The third-order valence-corrected chi connectivity index (χ3v) is 3.12. The normalized spacial score (nSPS) is 12.7. The molecule has 1 rings (SSSR count). The van der Waals surface area contributed by atoms with E-state index in [9.17, 15) is 8.78 Å². The van der Waals surface area contributed by atoms with Crippen LogP contribution in [0, 0.1) is 11.6 Å². The molecule has 1 nitrogen and oxygen atoms in total. The van der Waals surface area contributed by atoms with Gasteiger partial charge >= 0.3 is 0 Å². The molecular formula is C15H23F2N. The molecule has 0 saturated carbocycles. The van der Waals surface area contributed by atoms with Gasteiger partial charge in [0.15, 0.2) is 11.6 Å². The van der Waals surface area contributed by atoms with Crippen LogP contribution in [0.25, 0.3) is 0 Å². The fourth-order valence-electron chi connectivity index (χ4n) is 2.16. The van der Waals surface area contributed by atoms with E-state index in [4.69, 9.17) is 0 Å². The van der Waals surface area contributed by atoms with Crippen molar-refractivity contribution in [2.45, 2.75) is 52.0 Å². The van der Waals surface area contributed by atoms with Gasteiger partial charge in [0.1, 0.15) is 0 Å². The maximum absolute atomic E-state index is 13.1. The number of halogens is 2. The van der Waals surface area contributed by atoms with Crippen LogP contribution in [0.4, 0.5) is 8.78 Å². The summed E-state index contributed by atoms with van der Waals surface area (Å²) in [5.41, 5.74) is 0.858. The molecule has 0 amide bonds. The molecule has 1 atom stereocenters. The second-order valence-corrected chi connectivity index (χ2v) is 4.70. The van der Waals surface area contributed by atoms with Crippen molar-refractivity contribution in [2.24, 2.45) is 0 Å². The third kappa shape index (κ3) is 5.13. The minimum atomic E-state index is -0.773. The van der Waals surface area contributed by atoms with E-state index in [-0.39, 0.29) is 0 Å². The summed E-state index contributed by atoms with van der Waals surface area (Å²) in [7, 11) is 0. The zero-order valence-electron chi connectivity index (χ0n) is 11.3. The average Bonchev–Trinajstić information content (AvgIpc) is 2.34. The van der Waals surface area contributed by atoms with Crippen molar-refractivity contribution in [2.75, 3.05) is 6.54 Å². The van der Waals surface area contributed by atoms with Crippen molar-refractivity contribution < 1.29 is 8.78 Å². The zero-order chi connectivity index (χ0) is 13.4. The van der Waals surface area contributed by atoms with Gasteiger partial charge in [-0.15, -0.1) is 0 Å². The largest absolute Gasteiger partial charge is 0.314 e. The van der Waals surface area contributed by atoms with Crippen molar-refractivity contribution in [1.82, 2.24) is 5.32 Å². The predicted octanol–water partition coefficient (Wildman–Crippen LogP) is 4.07. The van der Waals surface area contributed by atoms with Gasteiger partial charge in [-0.3, -0.25) is 0 Å². The van der Waals surface area contributed by atoms with E-state index in [1.54, 1.807) is 6.07 Å². The molecule has 1 aromatic rings. The van der Waals surface area contributed by atoms with Gasteiger partial charge in [0.2, 0.25) is 0 Å². The summed E-state index contributed by atoms with van der Waals surface area (Å²) in [6.07, 6.45) is 5.44. The molecule has 0 aliphatic rings. The standard InChI is InChI=1S/C15H23F2N/c1-3-5-6-7-13(18-4-2)10-12-8-9-14(16)15(17)11-12/h8-9,11,13,18H,3-7,10H2,1-2H3. The summed E-state index contributed by atoms with van der Waals surface area (Å²) in [5.74, 6) is -1.53. The van der Waals surface area contributed by atoms with Gasteiger partial charge < -0.3 is 5.32 Å². The van der Waals surface area contributed by atoms with Crippen molar-refractivity contribution in [1.29, 1.82) is 0 Å². The second-order valence-electron chi connectivity index (χ2n) is 4.70. The number of hydrogen-bond acceptors (Lipinski definition) is 1. The van der Waals surface area contributed by atoms with Crippen LogP contribution in [-0.2, 0) is 6.42 Å². The average molecular weight is 255 g/mol. The molecule has 0 bridgehead atoms. The summed E-state index contributed by atoms with van der Waals surface area (Å²) >= 11 is 0. The van der Waals surface area contributed by atoms with E-state index in [1.165, 1.54) is 31.4 Å². The molecule has 1 unspecified atom stereocenters. The van der Waals surface area contributed by atoms with Crippen molar-refractivity contribution in [3.63, 3.8) is 0 Å². The molecule has 0 saturated heterocycles. The van der Waals surface area contributed by atoms with Crippen LogP contribution < -0.4 is 5.32 Å². The quantitative estimate of drug-likeness (QED) is 0.691. The number of likely N-dealkylation sites (N-methyl/N-ethyl adjacent to an activating group) is 1. The first-order valence-corrected chi connectivity index (χ1v) is 6.84. The second kappa shape index (κ2) is 8.20. The van der Waals surface area contributed by atoms with Gasteiger partial charge in [-0.2, -0.15) is 0 Å². The smallest absolute Gasteiger partial charge is 0.159 e. The Hall–Kier alpha value is -0.960. The lowest BCUT2D eigenvalue weighted by Gasteiger charge is -2.18. The first kappa shape index (κ1) is 15.1. The fraction of sp³-hybridized carbons (Fsp3) is 0.600. The Kier molecular flexibility index (Phi) is 6.88. The van der Waals surface area contributed by atoms with E-state index in [0.717, 1.165) is 24.9 Å². The highest BCUT2D eigenvalue weighted by Gasteiger charge is 2.10. The molecule has 1 N–H and O–H groups in total. The molecule has 0 heterocycles. The molecule has 0 radical (unpaired) electrons. The van der Waals surface area contributed by atoms with E-state index in [2.05, 4.69) is 19.2 Å². The lowest BCUT2D eigenvalue weighted by molar-refractivity contribution is 0.463. The maximum atomic E-state index is 13.1. The van der Waals surface area contributed by atoms with Crippen LogP contribution >= 0.6 is 0 Å². The van der Waals surface area contributed by atoms with Gasteiger partial charge in [0.05, 0.1) is 0 Å². The van der Waals surface area contributed by atoms with E-state index >= 15 is 0 Å². The number of rotatable bonds is 8. The number of nitrogens with one attached hydrogen (secondary N) is 1. The topological polar surface area (TPSA) is 12.0 Å². The molecule has 0 aliphatic carbocycles. The maximum Gasteiger partial charge on any atom is 0.159 e.